The molecule has 0 spiro atoms. The maximum Gasteiger partial charge on any atom is 0.142 e. The van der Waals surface area contributed by atoms with Crippen molar-refractivity contribution in [3.63, 3.8) is 0 Å². The Morgan fingerprint density at radius 3 is 2.90 bits per heavy atom. The molecule has 2 heterocycles. The Kier molecular flexibility index (Phi) is 4.95. The van der Waals surface area contributed by atoms with Crippen LogP contribution in [-0.2, 0) is 6.54 Å². The highest BCUT2D eigenvalue weighted by Gasteiger charge is 2.22. The fraction of sp³-hybridized carbons (Fsp3) is 0.500. The molecule has 0 radical (unpaired) electrons. The molecule has 21 heavy (non-hydrogen) atoms. The van der Waals surface area contributed by atoms with Gasteiger partial charge in [-0.25, -0.2) is 4.98 Å². The van der Waals surface area contributed by atoms with E-state index in [0.29, 0.717) is 12.5 Å². The Labute approximate surface area is 129 Å². The minimum atomic E-state index is -0.212. The fourth-order valence-corrected chi connectivity index (χ4v) is 3.71. The molecule has 0 aliphatic heterocycles. The van der Waals surface area contributed by atoms with Crippen molar-refractivity contribution in [2.45, 2.75) is 38.3 Å². The van der Waals surface area contributed by atoms with Gasteiger partial charge in [0.15, 0.2) is 0 Å². The summed E-state index contributed by atoms with van der Waals surface area (Å²) in [6.45, 7) is 1.43. The van der Waals surface area contributed by atoms with Crippen LogP contribution < -0.4 is 5.32 Å². The van der Waals surface area contributed by atoms with E-state index in [9.17, 15) is 5.11 Å². The summed E-state index contributed by atoms with van der Waals surface area (Å²) in [5.41, 5.74) is 0.916. The monoisotopic (exact) mass is 303 g/mol. The number of nitrogens with zero attached hydrogens (tertiary/aromatic N) is 2. The quantitative estimate of drug-likeness (QED) is 0.861. The van der Waals surface area contributed by atoms with Crippen LogP contribution in [0.3, 0.4) is 0 Å². The van der Waals surface area contributed by atoms with Gasteiger partial charge in [-0.3, -0.25) is 4.98 Å². The third-order valence-corrected chi connectivity index (χ3v) is 5.05. The second-order valence-electron chi connectivity index (χ2n) is 5.59. The fourth-order valence-electron chi connectivity index (χ4n) is 2.85. The van der Waals surface area contributed by atoms with E-state index >= 15 is 0 Å². The van der Waals surface area contributed by atoms with E-state index in [0.717, 1.165) is 17.2 Å². The van der Waals surface area contributed by atoms with Crippen molar-refractivity contribution >= 4 is 11.3 Å². The Hall–Kier alpha value is -1.30. The number of hydrogen-bond acceptors (Lipinski definition) is 5. The molecule has 3 rings (SSSR count). The minimum absolute atomic E-state index is 0.212. The zero-order chi connectivity index (χ0) is 14.5. The first-order valence-corrected chi connectivity index (χ1v) is 8.39. The van der Waals surface area contributed by atoms with Gasteiger partial charge in [0, 0.05) is 30.4 Å². The van der Waals surface area contributed by atoms with Crippen LogP contribution in [0.15, 0.2) is 30.6 Å². The lowest BCUT2D eigenvalue weighted by atomic mass is 10.0. The maximum atomic E-state index is 10.1. The topological polar surface area (TPSA) is 58.0 Å². The number of thiazole rings is 1. The largest absolute Gasteiger partial charge is 0.392 e. The van der Waals surface area contributed by atoms with Crippen LogP contribution in [0.5, 0.6) is 0 Å². The molecule has 1 saturated carbocycles. The first kappa shape index (κ1) is 14.6. The number of pyridine rings is 1. The highest BCUT2D eigenvalue weighted by Crippen LogP contribution is 2.27. The zero-order valence-corrected chi connectivity index (χ0v) is 12.9. The third-order valence-electron chi connectivity index (χ3n) is 4.03. The minimum Gasteiger partial charge on any atom is -0.392 e. The molecule has 0 bridgehead atoms. The highest BCUT2D eigenvalue weighted by atomic mass is 32.1. The summed E-state index contributed by atoms with van der Waals surface area (Å²) in [5.74, 6) is 0.489. The van der Waals surface area contributed by atoms with Gasteiger partial charge < -0.3 is 10.4 Å². The Balaban J connectivity index is 1.49. The van der Waals surface area contributed by atoms with E-state index in [-0.39, 0.29) is 6.10 Å². The van der Waals surface area contributed by atoms with Gasteiger partial charge in [0.05, 0.1) is 11.8 Å². The van der Waals surface area contributed by atoms with Gasteiger partial charge in [-0.2, -0.15) is 0 Å². The molecular weight excluding hydrogens is 282 g/mol. The third kappa shape index (κ3) is 3.87. The summed E-state index contributed by atoms with van der Waals surface area (Å²) in [6.07, 6.45) is 8.35. The molecule has 1 atom stereocenters. The molecule has 5 heteroatoms. The summed E-state index contributed by atoms with van der Waals surface area (Å²) in [5, 5.41) is 14.4. The molecule has 2 aromatic heterocycles. The molecule has 2 N–H and O–H groups in total. The average Bonchev–Trinajstić information content (AvgIpc) is 3.20. The van der Waals surface area contributed by atoms with Gasteiger partial charge in [-0.05, 0) is 30.9 Å². The number of aromatic nitrogens is 2. The summed E-state index contributed by atoms with van der Waals surface area (Å²) in [7, 11) is 0. The lowest BCUT2D eigenvalue weighted by molar-refractivity contribution is 0.109. The molecule has 1 aliphatic carbocycles. The molecule has 0 aromatic carbocycles. The van der Waals surface area contributed by atoms with Crippen molar-refractivity contribution in [3.05, 3.63) is 35.5 Å². The number of nitrogens with one attached hydrogen (secondary N) is 1. The van der Waals surface area contributed by atoms with Crippen molar-refractivity contribution in [2.75, 3.05) is 6.54 Å². The molecular formula is C16H21N3OS. The number of rotatable bonds is 6. The van der Waals surface area contributed by atoms with E-state index in [1.54, 1.807) is 17.5 Å². The number of hydrogen-bond donors (Lipinski definition) is 2. The van der Waals surface area contributed by atoms with Gasteiger partial charge in [0.25, 0.3) is 0 Å². The predicted octanol–water partition coefficient (Wildman–Crippen LogP) is 2.85. The Morgan fingerprint density at radius 1 is 1.29 bits per heavy atom. The van der Waals surface area contributed by atoms with Crippen LogP contribution in [0.4, 0.5) is 0 Å². The van der Waals surface area contributed by atoms with E-state index in [1.165, 1.54) is 30.6 Å². The Bertz CT molecular complexity index is 552. The first-order valence-electron chi connectivity index (χ1n) is 7.58. The summed E-state index contributed by atoms with van der Waals surface area (Å²) < 4.78 is 0. The number of aliphatic hydroxyl groups is 1. The van der Waals surface area contributed by atoms with Crippen LogP contribution in [0.2, 0.25) is 0 Å². The summed E-state index contributed by atoms with van der Waals surface area (Å²) >= 11 is 1.65. The molecule has 1 fully saturated rings. The average molecular weight is 303 g/mol. The second-order valence-corrected chi connectivity index (χ2v) is 6.70. The molecule has 1 aliphatic rings. The normalized spacial score (nSPS) is 17.2. The van der Waals surface area contributed by atoms with Crippen LogP contribution >= 0.6 is 11.3 Å². The number of aliphatic hydroxyl groups excluding tert-OH is 1. The van der Waals surface area contributed by atoms with Crippen LogP contribution in [0.1, 0.15) is 30.6 Å². The molecule has 2 aromatic rings. The van der Waals surface area contributed by atoms with E-state index in [1.807, 2.05) is 24.4 Å². The van der Waals surface area contributed by atoms with Crippen molar-refractivity contribution in [2.24, 2.45) is 5.92 Å². The van der Waals surface area contributed by atoms with Crippen LogP contribution in [-0.4, -0.2) is 27.7 Å². The molecule has 112 valence electrons. The SMILES string of the molecule is OC(CNCc1cnc(-c2ccccn2)s1)C1CCCC1. The van der Waals surface area contributed by atoms with E-state index < -0.39 is 0 Å². The summed E-state index contributed by atoms with van der Waals surface area (Å²) in [6, 6.07) is 5.85. The van der Waals surface area contributed by atoms with Gasteiger partial charge in [-0.15, -0.1) is 11.3 Å². The van der Waals surface area contributed by atoms with Crippen LogP contribution in [0, 0.1) is 5.92 Å². The summed E-state index contributed by atoms with van der Waals surface area (Å²) in [4.78, 5) is 9.90. The van der Waals surface area contributed by atoms with E-state index in [2.05, 4.69) is 15.3 Å². The Morgan fingerprint density at radius 2 is 2.14 bits per heavy atom. The van der Waals surface area contributed by atoms with Gasteiger partial charge >= 0.3 is 0 Å². The molecule has 4 nitrogen and oxygen atoms in total. The second kappa shape index (κ2) is 7.11. The predicted molar refractivity (Wildman–Crippen MR) is 85.0 cm³/mol. The molecule has 0 saturated heterocycles. The standard InChI is InChI=1S/C16H21N3OS/c20-15(12-5-1-2-6-12)11-17-9-13-10-19-16(21-13)14-7-3-4-8-18-14/h3-4,7-8,10,12,15,17,20H,1-2,5-6,9,11H2. The molecule has 1 unspecified atom stereocenters. The smallest absolute Gasteiger partial charge is 0.142 e. The zero-order valence-electron chi connectivity index (χ0n) is 12.0. The van der Waals surface area contributed by atoms with Crippen molar-refractivity contribution < 1.29 is 5.11 Å². The highest BCUT2D eigenvalue weighted by molar-refractivity contribution is 7.14. The van der Waals surface area contributed by atoms with E-state index in [4.69, 9.17) is 0 Å². The van der Waals surface area contributed by atoms with Crippen molar-refractivity contribution in [1.82, 2.24) is 15.3 Å². The van der Waals surface area contributed by atoms with Gasteiger partial charge in [0.2, 0.25) is 0 Å². The first-order chi connectivity index (χ1) is 10.3. The molecule has 0 amide bonds. The van der Waals surface area contributed by atoms with Crippen molar-refractivity contribution in [3.8, 4) is 10.7 Å². The van der Waals surface area contributed by atoms with Crippen molar-refractivity contribution in [1.29, 1.82) is 0 Å². The lowest BCUT2D eigenvalue weighted by Crippen LogP contribution is -2.31. The van der Waals surface area contributed by atoms with Crippen LogP contribution in [0.25, 0.3) is 10.7 Å². The van der Waals surface area contributed by atoms with Gasteiger partial charge in [-0.1, -0.05) is 18.9 Å². The maximum absolute atomic E-state index is 10.1. The van der Waals surface area contributed by atoms with Gasteiger partial charge in [0.1, 0.15) is 5.01 Å². The lowest BCUT2D eigenvalue weighted by Gasteiger charge is -2.17.